The van der Waals surface area contributed by atoms with E-state index in [0.717, 1.165) is 13.0 Å². The SMILES string of the molecule is COCCOCCCNc1cc2n[nH]c(=O)n2c(C)n1. The van der Waals surface area contributed by atoms with E-state index in [9.17, 15) is 4.79 Å². The van der Waals surface area contributed by atoms with Crippen LogP contribution in [0.1, 0.15) is 12.2 Å². The number of methoxy groups -OCH3 is 1. The minimum Gasteiger partial charge on any atom is -0.382 e. The number of aromatic nitrogens is 4. The molecule has 0 saturated heterocycles. The van der Waals surface area contributed by atoms with Gasteiger partial charge in [-0.2, -0.15) is 5.10 Å². The van der Waals surface area contributed by atoms with E-state index >= 15 is 0 Å². The van der Waals surface area contributed by atoms with Crippen LogP contribution in [0.15, 0.2) is 10.9 Å². The summed E-state index contributed by atoms with van der Waals surface area (Å²) in [7, 11) is 1.65. The molecule has 20 heavy (non-hydrogen) atoms. The van der Waals surface area contributed by atoms with Crippen LogP contribution >= 0.6 is 0 Å². The molecule has 8 heteroatoms. The van der Waals surface area contributed by atoms with Crippen LogP contribution in [-0.2, 0) is 9.47 Å². The van der Waals surface area contributed by atoms with Crippen LogP contribution in [0.5, 0.6) is 0 Å². The van der Waals surface area contributed by atoms with Crippen molar-refractivity contribution in [1.29, 1.82) is 0 Å². The van der Waals surface area contributed by atoms with E-state index in [1.807, 2.05) is 0 Å². The number of aryl methyl sites for hydroxylation is 1. The molecule has 0 aromatic carbocycles. The predicted molar refractivity (Wildman–Crippen MR) is 74.1 cm³/mol. The first kappa shape index (κ1) is 14.5. The standard InChI is InChI=1S/C12H19N5O3/c1-9-14-10(8-11-15-16-12(18)17(9)11)13-4-3-5-20-7-6-19-2/h8,13H,3-7H2,1-2H3,(H,16,18). The van der Waals surface area contributed by atoms with E-state index < -0.39 is 0 Å². The van der Waals surface area contributed by atoms with Gasteiger partial charge in [0.1, 0.15) is 11.6 Å². The van der Waals surface area contributed by atoms with Gasteiger partial charge in [0.05, 0.1) is 13.2 Å². The molecule has 2 aromatic rings. The molecule has 2 rings (SSSR count). The molecule has 0 aliphatic rings. The van der Waals surface area contributed by atoms with Gasteiger partial charge in [-0.1, -0.05) is 0 Å². The number of fused-ring (bicyclic) bond motifs is 1. The number of nitrogens with zero attached hydrogens (tertiary/aromatic N) is 3. The van der Waals surface area contributed by atoms with Gasteiger partial charge >= 0.3 is 5.69 Å². The van der Waals surface area contributed by atoms with Gasteiger partial charge in [-0.3, -0.25) is 0 Å². The summed E-state index contributed by atoms with van der Waals surface area (Å²) < 4.78 is 11.7. The van der Waals surface area contributed by atoms with E-state index in [1.165, 1.54) is 4.40 Å². The van der Waals surface area contributed by atoms with Crippen molar-refractivity contribution in [3.8, 4) is 0 Å². The molecule has 0 aliphatic heterocycles. The van der Waals surface area contributed by atoms with Crippen molar-refractivity contribution in [3.63, 3.8) is 0 Å². The summed E-state index contributed by atoms with van der Waals surface area (Å²) in [5, 5.41) is 9.51. The van der Waals surface area contributed by atoms with Gasteiger partial charge in [0.2, 0.25) is 0 Å². The summed E-state index contributed by atoms with van der Waals surface area (Å²) in [6.45, 7) is 4.39. The molecule has 0 spiro atoms. The highest BCUT2D eigenvalue weighted by molar-refractivity contribution is 5.49. The lowest BCUT2D eigenvalue weighted by Crippen LogP contribution is -2.15. The second-order valence-electron chi connectivity index (χ2n) is 4.30. The summed E-state index contributed by atoms with van der Waals surface area (Å²) in [4.78, 5) is 15.8. The Hall–Kier alpha value is -1.93. The Morgan fingerprint density at radius 1 is 1.40 bits per heavy atom. The van der Waals surface area contributed by atoms with Gasteiger partial charge in [-0.15, -0.1) is 0 Å². The Labute approximate surface area is 116 Å². The molecule has 110 valence electrons. The normalized spacial score (nSPS) is 11.1. The fourth-order valence-electron chi connectivity index (χ4n) is 1.82. The zero-order valence-electron chi connectivity index (χ0n) is 11.7. The Kier molecular flexibility index (Phi) is 5.08. The van der Waals surface area contributed by atoms with Crippen molar-refractivity contribution in [3.05, 3.63) is 22.4 Å². The van der Waals surface area contributed by atoms with Crippen molar-refractivity contribution in [2.75, 3.05) is 38.8 Å². The number of hydrogen-bond acceptors (Lipinski definition) is 6. The summed E-state index contributed by atoms with van der Waals surface area (Å²) in [5.74, 6) is 1.30. The van der Waals surface area contributed by atoms with Crippen LogP contribution < -0.4 is 11.0 Å². The van der Waals surface area contributed by atoms with Gasteiger partial charge in [-0.05, 0) is 13.3 Å². The van der Waals surface area contributed by atoms with Gasteiger partial charge in [0, 0.05) is 26.3 Å². The third kappa shape index (κ3) is 3.55. The molecule has 2 heterocycles. The highest BCUT2D eigenvalue weighted by atomic mass is 16.5. The van der Waals surface area contributed by atoms with E-state index in [0.29, 0.717) is 37.1 Å². The molecular weight excluding hydrogens is 262 g/mol. The highest BCUT2D eigenvalue weighted by Gasteiger charge is 2.06. The second kappa shape index (κ2) is 7.01. The Bertz CT molecular complexity index is 607. The second-order valence-corrected chi connectivity index (χ2v) is 4.30. The Morgan fingerprint density at radius 2 is 2.25 bits per heavy atom. The van der Waals surface area contributed by atoms with Crippen molar-refractivity contribution in [2.24, 2.45) is 0 Å². The molecule has 0 amide bonds. The lowest BCUT2D eigenvalue weighted by molar-refractivity contribution is 0.0705. The lowest BCUT2D eigenvalue weighted by atomic mass is 10.4. The number of nitrogens with one attached hydrogen (secondary N) is 2. The van der Waals surface area contributed by atoms with Crippen LogP contribution in [0.3, 0.4) is 0 Å². The maximum absolute atomic E-state index is 11.5. The topological polar surface area (TPSA) is 93.5 Å². The minimum atomic E-state index is -0.275. The average molecular weight is 281 g/mol. The molecule has 0 atom stereocenters. The summed E-state index contributed by atoms with van der Waals surface area (Å²) in [5.41, 5.74) is 0.282. The molecule has 0 aliphatic carbocycles. The number of H-pyrrole nitrogens is 1. The largest absolute Gasteiger partial charge is 0.382 e. The van der Waals surface area contributed by atoms with Crippen LogP contribution in [0.2, 0.25) is 0 Å². The van der Waals surface area contributed by atoms with Gasteiger partial charge in [-0.25, -0.2) is 19.3 Å². The van der Waals surface area contributed by atoms with Crippen molar-refractivity contribution in [2.45, 2.75) is 13.3 Å². The quantitative estimate of drug-likeness (QED) is 0.671. The van der Waals surface area contributed by atoms with Crippen LogP contribution in [0.4, 0.5) is 5.82 Å². The molecule has 2 aromatic heterocycles. The Balaban J connectivity index is 1.83. The lowest BCUT2D eigenvalue weighted by Gasteiger charge is -2.07. The van der Waals surface area contributed by atoms with Gasteiger partial charge < -0.3 is 14.8 Å². The Morgan fingerprint density at radius 3 is 3.05 bits per heavy atom. The highest BCUT2D eigenvalue weighted by Crippen LogP contribution is 2.07. The van der Waals surface area contributed by atoms with Gasteiger partial charge in [0.15, 0.2) is 5.65 Å². The fraction of sp³-hybridized carbons (Fsp3) is 0.583. The smallest absolute Gasteiger partial charge is 0.349 e. The van der Waals surface area contributed by atoms with Gasteiger partial charge in [0.25, 0.3) is 0 Å². The van der Waals surface area contributed by atoms with E-state index in [2.05, 4.69) is 20.5 Å². The van der Waals surface area contributed by atoms with E-state index in [-0.39, 0.29) is 5.69 Å². The first-order chi connectivity index (χ1) is 9.72. The number of ether oxygens (including phenoxy) is 2. The first-order valence-electron chi connectivity index (χ1n) is 6.47. The van der Waals surface area contributed by atoms with Crippen molar-refractivity contribution >= 4 is 11.5 Å². The molecule has 0 saturated carbocycles. The maximum Gasteiger partial charge on any atom is 0.349 e. The molecule has 0 radical (unpaired) electrons. The zero-order valence-corrected chi connectivity index (χ0v) is 11.7. The third-order valence-electron chi connectivity index (χ3n) is 2.77. The van der Waals surface area contributed by atoms with Crippen molar-refractivity contribution < 1.29 is 9.47 Å². The average Bonchev–Trinajstić information content (AvgIpc) is 2.80. The van der Waals surface area contributed by atoms with E-state index in [4.69, 9.17) is 9.47 Å². The van der Waals surface area contributed by atoms with Crippen molar-refractivity contribution in [1.82, 2.24) is 19.6 Å². The van der Waals surface area contributed by atoms with Crippen LogP contribution in [-0.4, -0.2) is 53.1 Å². The molecule has 8 nitrogen and oxygen atoms in total. The number of hydrogen-bond donors (Lipinski definition) is 2. The molecule has 0 bridgehead atoms. The summed E-state index contributed by atoms with van der Waals surface area (Å²) >= 11 is 0. The monoisotopic (exact) mass is 281 g/mol. The first-order valence-corrected chi connectivity index (χ1v) is 6.47. The molecule has 0 unspecified atom stereocenters. The zero-order chi connectivity index (χ0) is 14.4. The molecule has 0 fully saturated rings. The predicted octanol–water partition coefficient (Wildman–Crippen LogP) is 0.191. The number of anilines is 1. The van der Waals surface area contributed by atoms with Crippen LogP contribution in [0.25, 0.3) is 5.65 Å². The fourth-order valence-corrected chi connectivity index (χ4v) is 1.82. The third-order valence-corrected chi connectivity index (χ3v) is 2.77. The van der Waals surface area contributed by atoms with E-state index in [1.54, 1.807) is 20.1 Å². The molecular formula is C12H19N5O3. The summed E-state index contributed by atoms with van der Waals surface area (Å²) in [6.07, 6.45) is 0.864. The summed E-state index contributed by atoms with van der Waals surface area (Å²) in [6, 6.07) is 1.73. The molecule has 2 N–H and O–H groups in total. The van der Waals surface area contributed by atoms with Crippen LogP contribution in [0, 0.1) is 6.92 Å². The maximum atomic E-state index is 11.5. The number of aromatic amines is 1. The minimum absolute atomic E-state index is 0.275. The number of rotatable bonds is 8.